The van der Waals surface area contributed by atoms with Crippen LogP contribution in [0.3, 0.4) is 0 Å². The van der Waals surface area contributed by atoms with Gasteiger partial charge < -0.3 is 10.1 Å². The summed E-state index contributed by atoms with van der Waals surface area (Å²) >= 11 is 0. The van der Waals surface area contributed by atoms with Crippen LogP contribution in [0.25, 0.3) is 5.69 Å². The lowest BCUT2D eigenvalue weighted by molar-refractivity contribution is 0.101. The van der Waals surface area contributed by atoms with Crippen molar-refractivity contribution in [2.24, 2.45) is 0 Å². The lowest BCUT2D eigenvalue weighted by atomic mass is 10.2. The lowest BCUT2D eigenvalue weighted by Gasteiger charge is -2.09. The van der Waals surface area contributed by atoms with E-state index >= 15 is 0 Å². The van der Waals surface area contributed by atoms with Gasteiger partial charge >= 0.3 is 0 Å². The van der Waals surface area contributed by atoms with E-state index in [-0.39, 0.29) is 5.91 Å². The summed E-state index contributed by atoms with van der Waals surface area (Å²) < 4.78 is 6.94. The van der Waals surface area contributed by atoms with Crippen molar-refractivity contribution < 1.29 is 9.53 Å². The monoisotopic (exact) mass is 333 g/mol. The number of nitrogens with one attached hydrogen (secondary N) is 1. The van der Waals surface area contributed by atoms with Crippen molar-refractivity contribution in [3.63, 3.8) is 0 Å². The molecule has 1 saturated carbocycles. The third-order valence-electron chi connectivity index (χ3n) is 4.28. The standard InChI is InChI=1S/C20H19N3O2/c1-25-17-9-5-6-15(12-17)21-20(24)19-13-18(14-10-11-14)22-23(19)16-7-3-2-4-8-16/h2-9,12-14H,10-11H2,1H3,(H,21,24). The maximum absolute atomic E-state index is 12.9. The van der Waals surface area contributed by atoms with E-state index in [1.54, 1.807) is 17.9 Å². The molecule has 5 nitrogen and oxygen atoms in total. The summed E-state index contributed by atoms with van der Waals surface area (Å²) in [5.41, 5.74) is 3.10. The molecule has 1 N–H and O–H groups in total. The van der Waals surface area contributed by atoms with Gasteiger partial charge in [0, 0.05) is 17.7 Å². The molecule has 0 spiro atoms. The highest BCUT2D eigenvalue weighted by Crippen LogP contribution is 2.39. The van der Waals surface area contributed by atoms with Crippen LogP contribution in [-0.2, 0) is 0 Å². The number of carbonyl (C=O) groups excluding carboxylic acids is 1. The number of carbonyl (C=O) groups is 1. The number of aromatic nitrogens is 2. The molecule has 0 atom stereocenters. The molecule has 25 heavy (non-hydrogen) atoms. The number of amides is 1. The smallest absolute Gasteiger partial charge is 0.274 e. The molecule has 0 unspecified atom stereocenters. The van der Waals surface area contributed by atoms with Crippen LogP contribution >= 0.6 is 0 Å². The molecule has 1 aromatic heterocycles. The van der Waals surface area contributed by atoms with Crippen molar-refractivity contribution >= 4 is 11.6 Å². The second kappa shape index (κ2) is 6.43. The minimum Gasteiger partial charge on any atom is -0.497 e. The van der Waals surface area contributed by atoms with Crippen molar-refractivity contribution in [2.45, 2.75) is 18.8 Å². The summed E-state index contributed by atoms with van der Waals surface area (Å²) in [6.45, 7) is 0. The number of nitrogens with zero attached hydrogens (tertiary/aromatic N) is 2. The zero-order valence-corrected chi connectivity index (χ0v) is 14.0. The van der Waals surface area contributed by atoms with Gasteiger partial charge in [0.2, 0.25) is 0 Å². The van der Waals surface area contributed by atoms with Crippen LogP contribution in [-0.4, -0.2) is 22.8 Å². The summed E-state index contributed by atoms with van der Waals surface area (Å²) in [6.07, 6.45) is 2.28. The molecule has 126 valence electrons. The van der Waals surface area contributed by atoms with E-state index in [4.69, 9.17) is 4.74 Å². The Morgan fingerprint density at radius 1 is 1.12 bits per heavy atom. The summed E-state index contributed by atoms with van der Waals surface area (Å²) in [5.74, 6) is 0.998. The molecular formula is C20H19N3O2. The average Bonchev–Trinajstić information content (AvgIpc) is 3.41. The Balaban J connectivity index is 1.67. The maximum Gasteiger partial charge on any atom is 0.274 e. The molecule has 2 aromatic carbocycles. The third kappa shape index (κ3) is 3.26. The molecule has 1 fully saturated rings. The highest BCUT2D eigenvalue weighted by Gasteiger charge is 2.29. The number of rotatable bonds is 5. The van der Waals surface area contributed by atoms with Crippen LogP contribution in [0.2, 0.25) is 0 Å². The molecule has 1 aliphatic carbocycles. The Kier molecular flexibility index (Phi) is 3.98. The number of anilines is 1. The van der Waals surface area contributed by atoms with Crippen LogP contribution in [0.5, 0.6) is 5.75 Å². The topological polar surface area (TPSA) is 56.1 Å². The van der Waals surface area contributed by atoms with Crippen LogP contribution in [0.1, 0.15) is 34.9 Å². The van der Waals surface area contributed by atoms with Gasteiger partial charge in [-0.25, -0.2) is 4.68 Å². The average molecular weight is 333 g/mol. The number of hydrogen-bond acceptors (Lipinski definition) is 3. The Labute approximate surface area is 146 Å². The Hall–Kier alpha value is -3.08. The fourth-order valence-electron chi connectivity index (χ4n) is 2.80. The first-order valence-electron chi connectivity index (χ1n) is 8.35. The predicted octanol–water partition coefficient (Wildman–Crippen LogP) is 4.01. The van der Waals surface area contributed by atoms with Gasteiger partial charge in [0.1, 0.15) is 11.4 Å². The quantitative estimate of drug-likeness (QED) is 0.767. The molecule has 0 radical (unpaired) electrons. The van der Waals surface area contributed by atoms with Crippen molar-refractivity contribution in [1.82, 2.24) is 9.78 Å². The Morgan fingerprint density at radius 2 is 1.92 bits per heavy atom. The summed E-state index contributed by atoms with van der Waals surface area (Å²) in [6, 6.07) is 19.0. The van der Waals surface area contributed by atoms with Crippen molar-refractivity contribution in [1.29, 1.82) is 0 Å². The van der Waals surface area contributed by atoms with E-state index in [1.165, 1.54) is 0 Å². The van der Waals surface area contributed by atoms with Gasteiger partial charge in [-0.15, -0.1) is 0 Å². The second-order valence-corrected chi connectivity index (χ2v) is 6.16. The molecule has 0 aliphatic heterocycles. The number of methoxy groups -OCH3 is 1. The first kappa shape index (κ1) is 15.4. The zero-order chi connectivity index (χ0) is 17.2. The predicted molar refractivity (Wildman–Crippen MR) is 96.5 cm³/mol. The van der Waals surface area contributed by atoms with E-state index in [9.17, 15) is 4.79 Å². The highest BCUT2D eigenvalue weighted by atomic mass is 16.5. The Bertz CT molecular complexity index is 898. The summed E-state index contributed by atoms with van der Waals surface area (Å²) in [7, 11) is 1.60. The minimum absolute atomic E-state index is 0.184. The van der Waals surface area contributed by atoms with Gasteiger partial charge in [-0.2, -0.15) is 5.10 Å². The first-order valence-corrected chi connectivity index (χ1v) is 8.35. The van der Waals surface area contributed by atoms with Crippen LogP contribution in [0, 0.1) is 0 Å². The number of para-hydroxylation sites is 1. The highest BCUT2D eigenvalue weighted by molar-refractivity contribution is 6.03. The van der Waals surface area contributed by atoms with Crippen molar-refractivity contribution in [3.8, 4) is 11.4 Å². The van der Waals surface area contributed by atoms with Crippen molar-refractivity contribution in [3.05, 3.63) is 72.1 Å². The third-order valence-corrected chi connectivity index (χ3v) is 4.28. The van der Waals surface area contributed by atoms with Crippen LogP contribution < -0.4 is 10.1 Å². The fraction of sp³-hybridized carbons (Fsp3) is 0.200. The van der Waals surface area contributed by atoms with E-state index in [0.29, 0.717) is 23.0 Å². The molecular weight excluding hydrogens is 314 g/mol. The SMILES string of the molecule is COc1cccc(NC(=O)c2cc(C3CC3)nn2-c2ccccc2)c1. The van der Waals surface area contributed by atoms with Gasteiger partial charge in [0.15, 0.2) is 0 Å². The molecule has 1 amide bonds. The van der Waals surface area contributed by atoms with Gasteiger partial charge in [0.25, 0.3) is 5.91 Å². The van der Waals surface area contributed by atoms with E-state index in [2.05, 4.69) is 10.4 Å². The molecule has 0 bridgehead atoms. The maximum atomic E-state index is 12.9. The summed E-state index contributed by atoms with van der Waals surface area (Å²) in [5, 5.41) is 7.61. The van der Waals surface area contributed by atoms with Gasteiger partial charge in [-0.1, -0.05) is 24.3 Å². The number of ether oxygens (including phenoxy) is 1. The fourth-order valence-corrected chi connectivity index (χ4v) is 2.80. The molecule has 0 saturated heterocycles. The second-order valence-electron chi connectivity index (χ2n) is 6.16. The normalized spacial score (nSPS) is 13.5. The van der Waals surface area contributed by atoms with E-state index in [1.807, 2.05) is 54.6 Å². The van der Waals surface area contributed by atoms with Gasteiger partial charge in [-0.3, -0.25) is 4.79 Å². The van der Waals surface area contributed by atoms with Gasteiger partial charge in [0.05, 0.1) is 18.5 Å². The Morgan fingerprint density at radius 3 is 2.64 bits per heavy atom. The first-order chi connectivity index (χ1) is 12.2. The van der Waals surface area contributed by atoms with Crippen molar-refractivity contribution in [2.75, 3.05) is 12.4 Å². The largest absolute Gasteiger partial charge is 0.497 e. The molecule has 1 aliphatic rings. The molecule has 3 aromatic rings. The number of hydrogen-bond donors (Lipinski definition) is 1. The van der Waals surface area contributed by atoms with Crippen LogP contribution in [0.4, 0.5) is 5.69 Å². The molecule has 5 heteroatoms. The van der Waals surface area contributed by atoms with E-state index < -0.39 is 0 Å². The lowest BCUT2D eigenvalue weighted by Crippen LogP contribution is -2.16. The molecule has 1 heterocycles. The molecule has 4 rings (SSSR count). The zero-order valence-electron chi connectivity index (χ0n) is 14.0. The van der Waals surface area contributed by atoms with Crippen LogP contribution in [0.15, 0.2) is 60.7 Å². The van der Waals surface area contributed by atoms with E-state index in [0.717, 1.165) is 24.2 Å². The minimum atomic E-state index is -0.184. The van der Waals surface area contributed by atoms with Gasteiger partial charge in [-0.05, 0) is 43.2 Å². The summed E-state index contributed by atoms with van der Waals surface area (Å²) in [4.78, 5) is 12.9. The number of benzene rings is 2.